The van der Waals surface area contributed by atoms with Gasteiger partial charge in [0.05, 0.1) is 6.20 Å². The number of hydrogen-bond donors (Lipinski definition) is 1. The van der Waals surface area contributed by atoms with Gasteiger partial charge in [-0.1, -0.05) is 0 Å². The summed E-state index contributed by atoms with van der Waals surface area (Å²) in [6.45, 7) is 0. The molecule has 0 amide bonds. The smallest absolute Gasteiger partial charge is 0.155 e. The Labute approximate surface area is 87.5 Å². The highest BCUT2D eigenvalue weighted by Gasteiger charge is 2.04. The quantitative estimate of drug-likeness (QED) is 0.646. The molecule has 2 aromatic rings. The van der Waals surface area contributed by atoms with Crippen LogP contribution in [0.15, 0.2) is 24.7 Å². The Kier molecular flexibility index (Phi) is 2.26. The van der Waals surface area contributed by atoms with E-state index >= 15 is 0 Å². The summed E-state index contributed by atoms with van der Waals surface area (Å²) in [7, 11) is 0. The van der Waals surface area contributed by atoms with Crippen molar-refractivity contribution in [2.75, 3.05) is 0 Å². The number of aromatic nitrogens is 3. The summed E-state index contributed by atoms with van der Waals surface area (Å²) in [5.74, 6) is -0.306. The van der Waals surface area contributed by atoms with Gasteiger partial charge in [0.1, 0.15) is 3.70 Å². The fraction of sp³-hybridized carbons (Fsp3) is 0. The minimum absolute atomic E-state index is 0.306. The molecule has 2 aromatic heterocycles. The molecule has 13 heavy (non-hydrogen) atoms. The second-order valence-electron chi connectivity index (χ2n) is 2.48. The molecule has 1 N–H and O–H groups in total. The maximum atomic E-state index is 13.1. The van der Waals surface area contributed by atoms with E-state index in [9.17, 15) is 4.39 Å². The molecule has 0 saturated carbocycles. The van der Waals surface area contributed by atoms with E-state index < -0.39 is 0 Å². The predicted molar refractivity (Wildman–Crippen MR) is 54.5 cm³/mol. The first kappa shape index (κ1) is 8.61. The first-order chi connectivity index (χ1) is 6.27. The van der Waals surface area contributed by atoms with E-state index in [1.807, 2.05) is 22.6 Å². The molecule has 5 heteroatoms. The molecule has 0 unspecified atom stereocenters. The first-order valence-corrected chi connectivity index (χ1v) is 4.65. The number of nitrogens with zero attached hydrogens (tertiary/aromatic N) is 2. The molecular weight excluding hydrogens is 284 g/mol. The SMILES string of the molecule is Fc1cc(-c2cn[nH]c2)cnc1I. The van der Waals surface area contributed by atoms with Crippen LogP contribution in [0.3, 0.4) is 0 Å². The lowest BCUT2D eigenvalue weighted by atomic mass is 10.2. The van der Waals surface area contributed by atoms with E-state index in [0.717, 1.165) is 11.1 Å². The summed E-state index contributed by atoms with van der Waals surface area (Å²) >= 11 is 1.85. The lowest BCUT2D eigenvalue weighted by Gasteiger charge is -1.97. The van der Waals surface area contributed by atoms with Gasteiger partial charge in [-0.2, -0.15) is 5.10 Å². The number of pyridine rings is 1. The van der Waals surface area contributed by atoms with E-state index in [1.54, 1.807) is 18.6 Å². The average molecular weight is 289 g/mol. The van der Waals surface area contributed by atoms with E-state index in [-0.39, 0.29) is 5.82 Å². The van der Waals surface area contributed by atoms with E-state index in [0.29, 0.717) is 3.70 Å². The van der Waals surface area contributed by atoms with Gasteiger partial charge in [-0.25, -0.2) is 9.37 Å². The van der Waals surface area contributed by atoms with Gasteiger partial charge in [0.15, 0.2) is 5.82 Å². The number of hydrogen-bond acceptors (Lipinski definition) is 2. The third-order valence-corrected chi connectivity index (χ3v) is 2.42. The minimum Gasteiger partial charge on any atom is -0.285 e. The average Bonchev–Trinajstić information content (AvgIpc) is 2.62. The van der Waals surface area contributed by atoms with Crippen molar-refractivity contribution >= 4 is 22.6 Å². The molecule has 0 aliphatic carbocycles. The van der Waals surface area contributed by atoms with Crippen LogP contribution >= 0.6 is 22.6 Å². The summed E-state index contributed by atoms with van der Waals surface area (Å²) in [4.78, 5) is 3.90. The third kappa shape index (κ3) is 1.69. The number of aromatic amines is 1. The minimum atomic E-state index is -0.306. The third-order valence-electron chi connectivity index (χ3n) is 1.63. The molecule has 0 aliphatic rings. The molecule has 0 radical (unpaired) electrons. The van der Waals surface area contributed by atoms with Crippen LogP contribution in [0.4, 0.5) is 4.39 Å². The monoisotopic (exact) mass is 289 g/mol. The Balaban J connectivity index is 2.49. The lowest BCUT2D eigenvalue weighted by Crippen LogP contribution is -1.87. The molecule has 66 valence electrons. The van der Waals surface area contributed by atoms with Gasteiger partial charge in [-0.05, 0) is 28.7 Å². The predicted octanol–water partition coefficient (Wildman–Crippen LogP) is 2.22. The van der Waals surface area contributed by atoms with Crippen molar-refractivity contribution in [2.24, 2.45) is 0 Å². The van der Waals surface area contributed by atoms with Crippen molar-refractivity contribution < 1.29 is 4.39 Å². The van der Waals surface area contributed by atoms with Crippen LogP contribution in [-0.4, -0.2) is 15.2 Å². The number of halogens is 2. The van der Waals surface area contributed by atoms with Gasteiger partial charge in [-0.15, -0.1) is 0 Å². The van der Waals surface area contributed by atoms with E-state index in [1.165, 1.54) is 6.07 Å². The Morgan fingerprint density at radius 1 is 1.31 bits per heavy atom. The highest BCUT2D eigenvalue weighted by atomic mass is 127. The Bertz CT molecular complexity index is 413. The number of rotatable bonds is 1. The van der Waals surface area contributed by atoms with Crippen LogP contribution in [0.25, 0.3) is 11.1 Å². The molecular formula is C8H5FIN3. The topological polar surface area (TPSA) is 41.6 Å². The van der Waals surface area contributed by atoms with Crippen molar-refractivity contribution in [2.45, 2.75) is 0 Å². The van der Waals surface area contributed by atoms with E-state index in [4.69, 9.17) is 0 Å². The fourth-order valence-electron chi connectivity index (χ4n) is 0.988. The highest BCUT2D eigenvalue weighted by Crippen LogP contribution is 2.19. The molecule has 0 aromatic carbocycles. The largest absolute Gasteiger partial charge is 0.285 e. The fourth-order valence-corrected chi connectivity index (χ4v) is 1.28. The second kappa shape index (κ2) is 3.41. The zero-order chi connectivity index (χ0) is 9.26. The maximum absolute atomic E-state index is 13.1. The first-order valence-electron chi connectivity index (χ1n) is 3.57. The molecule has 0 saturated heterocycles. The normalized spacial score (nSPS) is 10.3. The molecule has 0 fully saturated rings. The molecule has 0 aliphatic heterocycles. The van der Waals surface area contributed by atoms with Crippen LogP contribution in [-0.2, 0) is 0 Å². The van der Waals surface area contributed by atoms with Crippen LogP contribution in [0, 0.1) is 9.52 Å². The Morgan fingerprint density at radius 2 is 2.15 bits per heavy atom. The summed E-state index contributed by atoms with van der Waals surface area (Å²) in [6.07, 6.45) is 4.95. The van der Waals surface area contributed by atoms with Gasteiger partial charge in [0.2, 0.25) is 0 Å². The van der Waals surface area contributed by atoms with Crippen molar-refractivity contribution in [3.05, 3.63) is 34.2 Å². The molecule has 3 nitrogen and oxygen atoms in total. The van der Waals surface area contributed by atoms with Crippen LogP contribution in [0.1, 0.15) is 0 Å². The van der Waals surface area contributed by atoms with Crippen molar-refractivity contribution in [1.82, 2.24) is 15.2 Å². The van der Waals surface area contributed by atoms with Crippen LogP contribution in [0.2, 0.25) is 0 Å². The summed E-state index contributed by atoms with van der Waals surface area (Å²) in [5.41, 5.74) is 1.56. The zero-order valence-electron chi connectivity index (χ0n) is 6.46. The van der Waals surface area contributed by atoms with Crippen molar-refractivity contribution in [1.29, 1.82) is 0 Å². The molecule has 0 atom stereocenters. The summed E-state index contributed by atoms with van der Waals surface area (Å²) in [6, 6.07) is 1.44. The molecule has 0 bridgehead atoms. The van der Waals surface area contributed by atoms with Gasteiger partial charge >= 0.3 is 0 Å². The number of nitrogens with one attached hydrogen (secondary N) is 1. The van der Waals surface area contributed by atoms with Gasteiger partial charge in [0, 0.05) is 23.5 Å². The van der Waals surface area contributed by atoms with Gasteiger partial charge in [0.25, 0.3) is 0 Å². The lowest BCUT2D eigenvalue weighted by molar-refractivity contribution is 0.612. The maximum Gasteiger partial charge on any atom is 0.155 e. The van der Waals surface area contributed by atoms with Crippen LogP contribution < -0.4 is 0 Å². The Morgan fingerprint density at radius 3 is 2.77 bits per heavy atom. The number of H-pyrrole nitrogens is 1. The zero-order valence-corrected chi connectivity index (χ0v) is 8.62. The van der Waals surface area contributed by atoms with Crippen molar-refractivity contribution in [3.63, 3.8) is 0 Å². The van der Waals surface area contributed by atoms with Gasteiger partial charge in [-0.3, -0.25) is 5.10 Å². The van der Waals surface area contributed by atoms with E-state index in [2.05, 4.69) is 15.2 Å². The summed E-state index contributed by atoms with van der Waals surface area (Å²) < 4.78 is 13.4. The van der Waals surface area contributed by atoms with Crippen molar-refractivity contribution in [3.8, 4) is 11.1 Å². The molecule has 0 spiro atoms. The van der Waals surface area contributed by atoms with Crippen LogP contribution in [0.5, 0.6) is 0 Å². The molecule has 2 rings (SSSR count). The molecule has 2 heterocycles. The standard InChI is InChI=1S/C8H5FIN3/c9-7-1-5(2-11-8(7)10)6-3-12-13-4-6/h1-4H,(H,12,13). The summed E-state index contributed by atoms with van der Waals surface area (Å²) in [5, 5.41) is 6.43. The van der Waals surface area contributed by atoms with Gasteiger partial charge < -0.3 is 0 Å². The highest BCUT2D eigenvalue weighted by molar-refractivity contribution is 14.1. The second-order valence-corrected chi connectivity index (χ2v) is 3.51. The Hall–Kier alpha value is -0.980.